The largest absolute Gasteiger partial charge is 0.388 e. The quantitative estimate of drug-likeness (QED) is 0.763. The summed E-state index contributed by atoms with van der Waals surface area (Å²) >= 11 is 0. The minimum absolute atomic E-state index is 0.0827. The Morgan fingerprint density at radius 1 is 1.27 bits per heavy atom. The van der Waals surface area contributed by atoms with Crippen LogP contribution in [0.25, 0.3) is 21.9 Å². The van der Waals surface area contributed by atoms with E-state index < -0.39 is 5.60 Å². The van der Waals surface area contributed by atoms with Gasteiger partial charge in [-0.2, -0.15) is 0 Å². The van der Waals surface area contributed by atoms with Crippen LogP contribution in [0.2, 0.25) is 0 Å². The van der Waals surface area contributed by atoms with E-state index in [9.17, 15) is 5.11 Å². The van der Waals surface area contributed by atoms with Crippen LogP contribution in [0.1, 0.15) is 26.7 Å². The first-order valence-electron chi connectivity index (χ1n) is 7.76. The number of fused-ring (bicyclic) bond motifs is 3. The summed E-state index contributed by atoms with van der Waals surface area (Å²) in [6, 6.07) is 8.28. The lowest BCUT2D eigenvalue weighted by Gasteiger charge is -2.34. The highest BCUT2D eigenvalue weighted by Crippen LogP contribution is 2.36. The average Bonchev–Trinajstić information content (AvgIpc) is 3.11. The third-order valence-corrected chi connectivity index (χ3v) is 4.62. The highest BCUT2D eigenvalue weighted by molar-refractivity contribution is 6.11. The van der Waals surface area contributed by atoms with Crippen LogP contribution in [-0.2, 0) is 0 Å². The van der Waals surface area contributed by atoms with Crippen molar-refractivity contribution >= 4 is 27.8 Å². The highest BCUT2D eigenvalue weighted by atomic mass is 16.3. The van der Waals surface area contributed by atoms with Crippen molar-refractivity contribution in [1.29, 1.82) is 0 Å². The van der Waals surface area contributed by atoms with Crippen molar-refractivity contribution in [2.24, 2.45) is 0 Å². The lowest BCUT2D eigenvalue weighted by molar-refractivity contribution is 0.0533. The normalized spacial score (nSPS) is 19.4. The molecule has 0 spiro atoms. The standard InChI is InChI=1S/C17H20N4O/c1-17(2,22)13-8-5-9-21(13)16-14-11-6-3-4-7-12(11)20-15(14)18-10-19-16/h3-4,6-7,10,13,22H,5,8-9H2,1-2H3,(H,18,19,20). The first kappa shape index (κ1) is 13.5. The van der Waals surface area contributed by atoms with Gasteiger partial charge in [0.05, 0.1) is 17.0 Å². The number of hydrogen-bond acceptors (Lipinski definition) is 4. The fraction of sp³-hybridized carbons (Fsp3) is 0.412. The van der Waals surface area contributed by atoms with Crippen molar-refractivity contribution in [2.45, 2.75) is 38.3 Å². The number of aliphatic hydroxyl groups is 1. The number of anilines is 1. The van der Waals surface area contributed by atoms with Crippen molar-refractivity contribution in [3.63, 3.8) is 0 Å². The number of aromatic amines is 1. The van der Waals surface area contributed by atoms with Crippen LogP contribution in [0.4, 0.5) is 5.82 Å². The molecule has 1 saturated heterocycles. The molecule has 2 N–H and O–H groups in total. The number of H-pyrrole nitrogens is 1. The molecule has 1 aliphatic heterocycles. The molecule has 1 aliphatic rings. The van der Waals surface area contributed by atoms with Crippen molar-refractivity contribution < 1.29 is 5.11 Å². The van der Waals surface area contributed by atoms with Gasteiger partial charge in [0.15, 0.2) is 0 Å². The summed E-state index contributed by atoms with van der Waals surface area (Å²) in [4.78, 5) is 14.5. The van der Waals surface area contributed by atoms with E-state index in [1.807, 2.05) is 26.0 Å². The van der Waals surface area contributed by atoms with E-state index >= 15 is 0 Å². The van der Waals surface area contributed by atoms with Crippen LogP contribution in [-0.4, -0.2) is 38.2 Å². The smallest absolute Gasteiger partial charge is 0.143 e. The molecule has 0 bridgehead atoms. The van der Waals surface area contributed by atoms with Gasteiger partial charge in [-0.25, -0.2) is 9.97 Å². The molecule has 4 rings (SSSR count). The maximum atomic E-state index is 10.5. The van der Waals surface area contributed by atoms with Gasteiger partial charge in [-0.3, -0.25) is 0 Å². The van der Waals surface area contributed by atoms with Crippen LogP contribution >= 0.6 is 0 Å². The Hall–Kier alpha value is -2.14. The van der Waals surface area contributed by atoms with Crippen LogP contribution in [0.5, 0.6) is 0 Å². The van der Waals surface area contributed by atoms with Crippen molar-refractivity contribution in [3.8, 4) is 0 Å². The molecule has 0 amide bonds. The first-order chi connectivity index (χ1) is 10.6. The highest BCUT2D eigenvalue weighted by Gasteiger charge is 2.37. The van der Waals surface area contributed by atoms with E-state index in [1.165, 1.54) is 0 Å². The summed E-state index contributed by atoms with van der Waals surface area (Å²) in [6.07, 6.45) is 3.66. The fourth-order valence-corrected chi connectivity index (χ4v) is 3.63. The maximum absolute atomic E-state index is 10.5. The molecule has 114 valence electrons. The molecule has 1 atom stereocenters. The van der Waals surface area contributed by atoms with Gasteiger partial charge < -0.3 is 15.0 Å². The molecule has 2 aromatic heterocycles. The Morgan fingerprint density at radius 2 is 2.09 bits per heavy atom. The molecule has 1 fully saturated rings. The zero-order valence-corrected chi connectivity index (χ0v) is 12.9. The van der Waals surface area contributed by atoms with E-state index in [0.29, 0.717) is 0 Å². The van der Waals surface area contributed by atoms with Gasteiger partial charge in [0.2, 0.25) is 0 Å². The molecule has 0 saturated carbocycles. The van der Waals surface area contributed by atoms with Gasteiger partial charge in [0.1, 0.15) is 17.8 Å². The van der Waals surface area contributed by atoms with Crippen LogP contribution in [0, 0.1) is 0 Å². The second-order valence-corrected chi connectivity index (χ2v) is 6.60. The molecule has 1 unspecified atom stereocenters. The Kier molecular flexibility index (Phi) is 2.87. The molecule has 22 heavy (non-hydrogen) atoms. The van der Waals surface area contributed by atoms with Gasteiger partial charge in [-0.15, -0.1) is 0 Å². The molecule has 0 aliphatic carbocycles. The van der Waals surface area contributed by atoms with Crippen molar-refractivity contribution in [3.05, 3.63) is 30.6 Å². The van der Waals surface area contributed by atoms with E-state index in [-0.39, 0.29) is 6.04 Å². The van der Waals surface area contributed by atoms with E-state index in [0.717, 1.165) is 47.1 Å². The van der Waals surface area contributed by atoms with E-state index in [4.69, 9.17) is 0 Å². The van der Waals surface area contributed by atoms with Gasteiger partial charge >= 0.3 is 0 Å². The molecule has 5 nitrogen and oxygen atoms in total. The summed E-state index contributed by atoms with van der Waals surface area (Å²) in [5.74, 6) is 0.923. The number of rotatable bonds is 2. The zero-order valence-electron chi connectivity index (χ0n) is 12.9. The predicted molar refractivity (Wildman–Crippen MR) is 88.1 cm³/mol. The molecular formula is C17H20N4O. The number of nitrogens with zero attached hydrogens (tertiary/aromatic N) is 3. The van der Waals surface area contributed by atoms with Crippen molar-refractivity contribution in [1.82, 2.24) is 15.0 Å². The fourth-order valence-electron chi connectivity index (χ4n) is 3.63. The van der Waals surface area contributed by atoms with Gasteiger partial charge in [-0.05, 0) is 32.8 Å². The molecule has 1 aromatic carbocycles. The third kappa shape index (κ3) is 1.96. The number of benzene rings is 1. The van der Waals surface area contributed by atoms with E-state index in [2.05, 4.69) is 32.0 Å². The molecular weight excluding hydrogens is 276 g/mol. The minimum atomic E-state index is -0.750. The third-order valence-electron chi connectivity index (χ3n) is 4.62. The minimum Gasteiger partial charge on any atom is -0.388 e. The Bertz CT molecular complexity index is 833. The summed E-state index contributed by atoms with van der Waals surface area (Å²) in [5.41, 5.74) is 1.17. The number of para-hydroxylation sites is 1. The average molecular weight is 296 g/mol. The number of nitrogens with one attached hydrogen (secondary N) is 1. The molecule has 3 aromatic rings. The maximum Gasteiger partial charge on any atom is 0.143 e. The number of hydrogen-bond donors (Lipinski definition) is 2. The van der Waals surface area contributed by atoms with Crippen LogP contribution in [0.15, 0.2) is 30.6 Å². The summed E-state index contributed by atoms with van der Waals surface area (Å²) in [6.45, 7) is 4.67. The van der Waals surface area contributed by atoms with E-state index in [1.54, 1.807) is 6.33 Å². The lowest BCUT2D eigenvalue weighted by Crippen LogP contribution is -2.46. The topological polar surface area (TPSA) is 65.0 Å². The Morgan fingerprint density at radius 3 is 2.91 bits per heavy atom. The summed E-state index contributed by atoms with van der Waals surface area (Å²) in [7, 11) is 0. The van der Waals surface area contributed by atoms with Crippen molar-refractivity contribution in [2.75, 3.05) is 11.4 Å². The second-order valence-electron chi connectivity index (χ2n) is 6.60. The molecule has 0 radical (unpaired) electrons. The predicted octanol–water partition coefficient (Wildman–Crippen LogP) is 2.85. The van der Waals surface area contributed by atoms with Gasteiger partial charge in [0, 0.05) is 17.4 Å². The summed E-state index contributed by atoms with van der Waals surface area (Å²) in [5, 5.41) is 12.7. The zero-order chi connectivity index (χ0) is 15.3. The Labute approximate surface area is 129 Å². The van der Waals surface area contributed by atoms with Crippen LogP contribution in [0.3, 0.4) is 0 Å². The Balaban J connectivity index is 1.95. The number of aromatic nitrogens is 3. The SMILES string of the molecule is CC(C)(O)C1CCCN1c1ncnc2[nH]c3ccccc3c12. The molecule has 5 heteroatoms. The van der Waals surface area contributed by atoms with Gasteiger partial charge in [-0.1, -0.05) is 18.2 Å². The summed E-state index contributed by atoms with van der Waals surface area (Å²) < 4.78 is 0. The van der Waals surface area contributed by atoms with Gasteiger partial charge in [0.25, 0.3) is 0 Å². The lowest BCUT2D eigenvalue weighted by atomic mass is 9.96. The first-order valence-corrected chi connectivity index (χ1v) is 7.76. The van der Waals surface area contributed by atoms with Crippen LogP contribution < -0.4 is 4.90 Å². The second kappa shape index (κ2) is 4.68. The monoisotopic (exact) mass is 296 g/mol. The molecule has 3 heterocycles.